The summed E-state index contributed by atoms with van der Waals surface area (Å²) in [6.45, 7) is 13.9. The number of phenols is 1. The molecule has 7 rings (SSSR count). The van der Waals surface area contributed by atoms with E-state index in [1.165, 1.54) is 24.4 Å². The molecule has 4 heterocycles. The summed E-state index contributed by atoms with van der Waals surface area (Å²) >= 11 is 0. The molecule has 57 heavy (non-hydrogen) atoms. The van der Waals surface area contributed by atoms with E-state index in [0.29, 0.717) is 64.4 Å². The number of aromatic hydroxyl groups is 1. The maximum Gasteiger partial charge on any atom is 0.196 e. The number of pyridine rings is 1. The number of ether oxygens (including phenoxy) is 4. The van der Waals surface area contributed by atoms with Crippen LogP contribution in [-0.4, -0.2) is 81.1 Å². The van der Waals surface area contributed by atoms with Crippen molar-refractivity contribution < 1.29 is 48.3 Å². The molecule has 2 aliphatic carbocycles. The molecule has 3 aromatic rings. The van der Waals surface area contributed by atoms with Crippen LogP contribution in [0.4, 0.5) is 0 Å². The normalized spacial score (nSPS) is 34.2. The lowest BCUT2D eigenvalue weighted by Crippen LogP contribution is -2.65. The third-order valence-corrected chi connectivity index (χ3v) is 12.1. The van der Waals surface area contributed by atoms with Gasteiger partial charge in [-0.25, -0.2) is 4.98 Å². The summed E-state index contributed by atoms with van der Waals surface area (Å²) in [6, 6.07) is 6.38. The van der Waals surface area contributed by atoms with E-state index in [-0.39, 0.29) is 35.1 Å². The van der Waals surface area contributed by atoms with E-state index in [4.69, 9.17) is 23.4 Å². The molecule has 11 heteroatoms. The highest BCUT2D eigenvalue weighted by atomic mass is 16.7. The number of furan rings is 1. The Morgan fingerprint density at radius 1 is 1.14 bits per heavy atom. The lowest BCUT2D eigenvalue weighted by atomic mass is 9.70. The van der Waals surface area contributed by atoms with Crippen LogP contribution >= 0.6 is 0 Å². The van der Waals surface area contributed by atoms with Crippen LogP contribution in [0, 0.1) is 46.9 Å². The van der Waals surface area contributed by atoms with Gasteiger partial charge in [0.25, 0.3) is 0 Å². The third kappa shape index (κ3) is 7.49. The fourth-order valence-corrected chi connectivity index (χ4v) is 8.60. The molecule has 11 nitrogen and oxygen atoms in total. The number of carbonyl (C=O) groups is 2. The second-order valence-corrected chi connectivity index (χ2v) is 16.4. The summed E-state index contributed by atoms with van der Waals surface area (Å²) in [7, 11) is 0. The molecule has 300 valence electrons. The van der Waals surface area contributed by atoms with Gasteiger partial charge in [0.1, 0.15) is 35.3 Å². The quantitative estimate of drug-likeness (QED) is 0.156. The molecule has 2 saturated heterocycles. The van der Waals surface area contributed by atoms with Gasteiger partial charge in [-0.1, -0.05) is 57.5 Å². The van der Waals surface area contributed by atoms with E-state index in [0.717, 1.165) is 6.42 Å². The van der Waals surface area contributed by atoms with Gasteiger partial charge in [0.05, 0.1) is 24.5 Å². The predicted molar refractivity (Wildman–Crippen MR) is 213 cm³/mol. The van der Waals surface area contributed by atoms with Crippen LogP contribution in [0.3, 0.4) is 0 Å². The van der Waals surface area contributed by atoms with E-state index < -0.39 is 53.8 Å². The number of aromatic nitrogens is 1. The first-order valence-electron chi connectivity index (χ1n) is 19.8. The molecule has 8 unspecified atom stereocenters. The summed E-state index contributed by atoms with van der Waals surface area (Å²) < 4.78 is 32.5. The van der Waals surface area contributed by atoms with Crippen molar-refractivity contribution >= 4 is 33.5 Å². The molecule has 3 N–H and O–H groups in total. The summed E-state index contributed by atoms with van der Waals surface area (Å²) in [5.41, 5.74) is -1.63. The summed E-state index contributed by atoms with van der Waals surface area (Å²) in [5, 5.41) is 35.8. The zero-order valence-electron chi connectivity index (χ0n) is 33.5. The number of phenolic OH excluding ortho intramolecular Hbond substituents is 1. The second kappa shape index (κ2) is 16.0. The Morgan fingerprint density at radius 2 is 1.91 bits per heavy atom. The van der Waals surface area contributed by atoms with Crippen LogP contribution in [0.2, 0.25) is 0 Å². The van der Waals surface area contributed by atoms with Gasteiger partial charge in [-0.05, 0) is 98.9 Å². The topological polar surface area (TPSA) is 158 Å². The number of carbonyl (C=O) groups excluding carboxylic acids is 2. The molecule has 0 amide bonds. The number of rotatable bonds is 9. The molecule has 2 aliphatic heterocycles. The highest BCUT2D eigenvalue weighted by Crippen LogP contribution is 2.46. The van der Waals surface area contributed by atoms with Gasteiger partial charge in [0, 0.05) is 29.0 Å². The molecular weight excluding hydrogens is 727 g/mol. The van der Waals surface area contributed by atoms with Gasteiger partial charge in [0.2, 0.25) is 0 Å². The number of aliphatic hydroxyl groups excluding tert-OH is 1. The zero-order chi connectivity index (χ0) is 40.8. The largest absolute Gasteiger partial charge is 0.508 e. The maximum atomic E-state index is 14.9. The van der Waals surface area contributed by atoms with Crippen LogP contribution < -0.4 is 0 Å². The number of hydrogen-bond acceptors (Lipinski definition) is 11. The third-order valence-electron chi connectivity index (χ3n) is 12.1. The van der Waals surface area contributed by atoms with Crippen LogP contribution in [0.5, 0.6) is 5.75 Å². The number of fused-ring (bicyclic) bond motifs is 5. The lowest BCUT2D eigenvalue weighted by molar-refractivity contribution is -0.339. The fourth-order valence-electron chi connectivity index (χ4n) is 8.60. The van der Waals surface area contributed by atoms with Gasteiger partial charge < -0.3 is 38.7 Å². The van der Waals surface area contributed by atoms with Crippen molar-refractivity contribution in [2.45, 2.75) is 117 Å². The standard InChI is InChI=1S/C46H51NO10/c1-8-13-33-38-27(5)34(49)23-46(33,52)18-12-10-9-11-14-36(38)56-44-41(57-37-21-26(4)29(24-53-37)20-25(2)3)43(51)45(7,28(6)54-44)42(50)39-40-31(17-19-47-39)32-22-30(48)15-16-35(32)55-40/h9-10,13,15-17,19,22,25-26,28-29,36-37,41,43-44,48,51-52H,8,20-21,23-24H2,1-7H3/b10-9-,33-13+/t26?,28?,29?,36-,37?,41?,43?,44?,45?,46-/m0/s1. The SMILES string of the molecule is CC/C=C1\C2=C(C)C(=O)C[C@@]1(O)C#C/C=C\C#C[C@@H]2OC1OC(C)C(C)(C(=O)c2nccc3c2oc2ccc(O)cc23)C(O)C1OC1CC(C)C(CC(C)C)CO1. The second-order valence-electron chi connectivity index (χ2n) is 16.4. The highest BCUT2D eigenvalue weighted by molar-refractivity contribution is 6.14. The van der Waals surface area contributed by atoms with Crippen LogP contribution in [0.15, 0.2) is 69.8 Å². The number of benzene rings is 1. The van der Waals surface area contributed by atoms with Crippen molar-refractivity contribution in [3.8, 4) is 29.4 Å². The van der Waals surface area contributed by atoms with Gasteiger partial charge in [-0.3, -0.25) is 9.59 Å². The predicted octanol–water partition coefficient (Wildman–Crippen LogP) is 6.73. The van der Waals surface area contributed by atoms with Gasteiger partial charge >= 0.3 is 0 Å². The number of ketones is 2. The molecule has 2 fully saturated rings. The van der Waals surface area contributed by atoms with E-state index in [9.17, 15) is 24.9 Å². The lowest BCUT2D eigenvalue weighted by Gasteiger charge is -2.50. The van der Waals surface area contributed by atoms with Crippen LogP contribution in [-0.2, 0) is 23.7 Å². The maximum absolute atomic E-state index is 14.9. The molecule has 0 saturated carbocycles. The Balaban J connectivity index is 1.29. The Morgan fingerprint density at radius 3 is 2.65 bits per heavy atom. The Bertz CT molecular complexity index is 2300. The molecule has 2 bridgehead atoms. The van der Waals surface area contributed by atoms with Crippen molar-refractivity contribution in [1.82, 2.24) is 4.98 Å². The first kappa shape index (κ1) is 40.6. The molecule has 0 spiro atoms. The Kier molecular flexibility index (Phi) is 11.4. The van der Waals surface area contributed by atoms with E-state index in [2.05, 4.69) is 49.4 Å². The van der Waals surface area contributed by atoms with Crippen LogP contribution in [0.1, 0.15) is 84.6 Å². The van der Waals surface area contributed by atoms with Crippen molar-refractivity contribution in [1.29, 1.82) is 0 Å². The van der Waals surface area contributed by atoms with Crippen molar-refractivity contribution in [3.05, 3.63) is 71.1 Å². The average molecular weight is 778 g/mol. The summed E-state index contributed by atoms with van der Waals surface area (Å²) in [6.07, 6.45) is 1.13. The number of allylic oxidation sites excluding steroid dienone is 4. The number of aliphatic hydroxyl groups is 2. The van der Waals surface area contributed by atoms with Crippen molar-refractivity contribution in [2.24, 2.45) is 23.2 Å². The van der Waals surface area contributed by atoms with Gasteiger partial charge in [-0.15, -0.1) is 0 Å². The minimum Gasteiger partial charge on any atom is -0.508 e. The van der Waals surface area contributed by atoms with E-state index in [1.807, 2.05) is 13.0 Å². The highest BCUT2D eigenvalue weighted by Gasteiger charge is 2.59. The number of nitrogens with zero attached hydrogens (tertiary/aromatic N) is 1. The molecule has 1 aromatic carbocycles. The van der Waals surface area contributed by atoms with Crippen molar-refractivity contribution in [2.75, 3.05) is 6.61 Å². The Labute approximate surface area is 333 Å². The monoisotopic (exact) mass is 777 g/mol. The minimum atomic E-state index is -1.78. The zero-order valence-corrected chi connectivity index (χ0v) is 33.5. The molecule has 2 aromatic heterocycles. The average Bonchev–Trinajstić information content (AvgIpc) is 3.54. The molecule has 10 atom stereocenters. The molecular formula is C46H51NO10. The van der Waals surface area contributed by atoms with Gasteiger partial charge in [-0.2, -0.15) is 0 Å². The summed E-state index contributed by atoms with van der Waals surface area (Å²) in [4.78, 5) is 32.8. The molecule has 0 radical (unpaired) electrons. The smallest absolute Gasteiger partial charge is 0.196 e. The van der Waals surface area contributed by atoms with Gasteiger partial charge in [0.15, 0.2) is 35.3 Å². The Hall–Kier alpha value is -4.59. The molecule has 4 aliphatic rings. The first-order valence-corrected chi connectivity index (χ1v) is 19.8. The minimum absolute atomic E-state index is 0.0152. The van der Waals surface area contributed by atoms with Crippen molar-refractivity contribution in [3.63, 3.8) is 0 Å². The fraction of sp³-hybridized carbons (Fsp3) is 0.500. The summed E-state index contributed by atoms with van der Waals surface area (Å²) in [5.74, 6) is 12.0. The van der Waals surface area contributed by atoms with E-state index in [1.54, 1.807) is 39.0 Å². The van der Waals surface area contributed by atoms with Crippen LogP contribution in [0.25, 0.3) is 21.9 Å². The van der Waals surface area contributed by atoms with E-state index >= 15 is 0 Å². The first-order chi connectivity index (χ1) is 27.2. The number of Topliss-reactive ketones (excluding diaryl/α,β-unsaturated/α-hetero) is 2. The number of hydrogen-bond donors (Lipinski definition) is 3.